The molecule has 1 aromatic carbocycles. The van der Waals surface area contributed by atoms with Crippen LogP contribution >= 0.6 is 11.5 Å². The van der Waals surface area contributed by atoms with Crippen molar-refractivity contribution in [3.63, 3.8) is 0 Å². The molecule has 1 fully saturated rings. The molecule has 0 spiro atoms. The number of hydrogen-bond acceptors (Lipinski definition) is 7. The van der Waals surface area contributed by atoms with Gasteiger partial charge in [0.25, 0.3) is 5.91 Å². The van der Waals surface area contributed by atoms with E-state index in [0.717, 1.165) is 29.9 Å². The number of hydrogen-bond donors (Lipinski definition) is 2. The third-order valence-electron chi connectivity index (χ3n) is 5.11. The summed E-state index contributed by atoms with van der Waals surface area (Å²) in [6.45, 7) is 5.25. The van der Waals surface area contributed by atoms with E-state index in [1.807, 2.05) is 13.0 Å². The van der Waals surface area contributed by atoms with E-state index < -0.39 is 11.8 Å². The van der Waals surface area contributed by atoms with Crippen molar-refractivity contribution >= 4 is 34.9 Å². The number of aryl methyl sites for hydroxylation is 2. The maximum Gasteiger partial charge on any atom is 0.313 e. The Morgan fingerprint density at radius 2 is 1.93 bits per heavy atom. The highest BCUT2D eigenvalue weighted by Gasteiger charge is 2.27. The Hall–Kier alpha value is -3.01. The lowest BCUT2D eigenvalue weighted by Gasteiger charge is -2.31. The largest absolute Gasteiger partial charge is 0.495 e. The number of carbonyl (C=O) groups excluding carboxylic acids is 3. The Bertz CT molecular complexity index is 937. The average Bonchev–Trinajstić information content (AvgIpc) is 3.17. The molecule has 2 aromatic rings. The molecule has 160 valence electrons. The number of piperidine rings is 1. The summed E-state index contributed by atoms with van der Waals surface area (Å²) in [6, 6.07) is 5.34. The third-order valence-corrected chi connectivity index (χ3v) is 5.92. The van der Waals surface area contributed by atoms with Crippen molar-refractivity contribution in [3.8, 4) is 5.75 Å². The van der Waals surface area contributed by atoms with Gasteiger partial charge in [-0.05, 0) is 61.8 Å². The van der Waals surface area contributed by atoms with Crippen molar-refractivity contribution < 1.29 is 19.1 Å². The monoisotopic (exact) mass is 431 g/mol. The fourth-order valence-electron chi connectivity index (χ4n) is 3.33. The van der Waals surface area contributed by atoms with Crippen LogP contribution in [0.4, 0.5) is 5.69 Å². The maximum absolute atomic E-state index is 12.5. The first-order valence-corrected chi connectivity index (χ1v) is 10.5. The lowest BCUT2D eigenvalue weighted by molar-refractivity contribution is -0.136. The van der Waals surface area contributed by atoms with Crippen molar-refractivity contribution in [1.29, 1.82) is 0 Å². The molecule has 3 amide bonds. The number of amides is 3. The summed E-state index contributed by atoms with van der Waals surface area (Å²) in [7, 11) is 1.50. The smallest absolute Gasteiger partial charge is 0.313 e. The minimum absolute atomic E-state index is 0.0449. The summed E-state index contributed by atoms with van der Waals surface area (Å²) in [5.41, 5.74) is 2.05. The van der Waals surface area contributed by atoms with Crippen LogP contribution in [0.25, 0.3) is 0 Å². The van der Waals surface area contributed by atoms with E-state index in [1.54, 1.807) is 24.0 Å². The SMILES string of the molecule is COc1ccc(C)cc1NC(=O)C(=O)NCC1CCN(C(=O)c2snnc2C)CC1. The summed E-state index contributed by atoms with van der Waals surface area (Å²) >= 11 is 1.11. The minimum Gasteiger partial charge on any atom is -0.495 e. The number of carbonyl (C=O) groups is 3. The number of ether oxygens (including phenoxy) is 1. The quantitative estimate of drug-likeness (QED) is 0.698. The van der Waals surface area contributed by atoms with Crippen LogP contribution in [0.5, 0.6) is 5.75 Å². The van der Waals surface area contributed by atoms with Crippen molar-refractivity contribution in [3.05, 3.63) is 34.3 Å². The molecule has 0 aliphatic carbocycles. The molecule has 3 rings (SSSR count). The van der Waals surface area contributed by atoms with E-state index in [-0.39, 0.29) is 11.8 Å². The zero-order valence-corrected chi connectivity index (χ0v) is 18.0. The Kier molecular flexibility index (Phi) is 6.99. The molecule has 1 saturated heterocycles. The number of rotatable bonds is 5. The number of benzene rings is 1. The van der Waals surface area contributed by atoms with Crippen LogP contribution < -0.4 is 15.4 Å². The van der Waals surface area contributed by atoms with Gasteiger partial charge in [-0.25, -0.2) is 0 Å². The summed E-state index contributed by atoms with van der Waals surface area (Å²) in [5, 5.41) is 9.17. The van der Waals surface area contributed by atoms with Crippen molar-refractivity contribution in [2.45, 2.75) is 26.7 Å². The summed E-state index contributed by atoms with van der Waals surface area (Å²) < 4.78 is 9.03. The molecule has 0 atom stereocenters. The average molecular weight is 432 g/mol. The lowest BCUT2D eigenvalue weighted by atomic mass is 9.96. The predicted octanol–water partition coefficient (Wildman–Crippen LogP) is 1.77. The second-order valence-electron chi connectivity index (χ2n) is 7.29. The summed E-state index contributed by atoms with van der Waals surface area (Å²) in [5.74, 6) is -0.773. The van der Waals surface area contributed by atoms with Gasteiger partial charge in [0.15, 0.2) is 0 Å². The highest BCUT2D eigenvalue weighted by molar-refractivity contribution is 7.07. The zero-order valence-electron chi connectivity index (χ0n) is 17.2. The first kappa shape index (κ1) is 21.7. The molecule has 2 N–H and O–H groups in total. The number of methoxy groups -OCH3 is 1. The summed E-state index contributed by atoms with van der Waals surface area (Å²) in [4.78, 5) is 39.3. The van der Waals surface area contributed by atoms with Crippen molar-refractivity contribution in [2.75, 3.05) is 32.1 Å². The van der Waals surface area contributed by atoms with Crippen LogP contribution in [-0.2, 0) is 9.59 Å². The molecule has 1 aliphatic rings. The molecular weight excluding hydrogens is 406 g/mol. The van der Waals surface area contributed by atoms with E-state index in [2.05, 4.69) is 20.2 Å². The van der Waals surface area contributed by atoms with Gasteiger partial charge in [-0.1, -0.05) is 10.6 Å². The first-order valence-electron chi connectivity index (χ1n) is 9.71. The first-order chi connectivity index (χ1) is 14.4. The van der Waals surface area contributed by atoms with Crippen LogP contribution in [-0.4, -0.2) is 59.0 Å². The molecule has 1 aliphatic heterocycles. The molecule has 0 bridgehead atoms. The Labute approximate surface area is 179 Å². The number of nitrogens with zero attached hydrogens (tertiary/aromatic N) is 3. The van der Waals surface area contributed by atoms with Crippen LogP contribution in [0.1, 0.15) is 33.8 Å². The fourth-order valence-corrected chi connectivity index (χ4v) is 3.95. The highest BCUT2D eigenvalue weighted by atomic mass is 32.1. The number of likely N-dealkylation sites (tertiary alicyclic amines) is 1. The van der Waals surface area contributed by atoms with Gasteiger partial charge in [-0.3, -0.25) is 14.4 Å². The van der Waals surface area contributed by atoms with Gasteiger partial charge in [-0.2, -0.15) is 0 Å². The molecular formula is C20H25N5O4S. The maximum atomic E-state index is 12.5. The number of aromatic nitrogens is 2. The Morgan fingerprint density at radius 3 is 2.57 bits per heavy atom. The molecule has 30 heavy (non-hydrogen) atoms. The third kappa shape index (κ3) is 5.12. The lowest BCUT2D eigenvalue weighted by Crippen LogP contribution is -2.43. The predicted molar refractivity (Wildman–Crippen MR) is 113 cm³/mol. The fraction of sp³-hybridized carbons (Fsp3) is 0.450. The van der Waals surface area contributed by atoms with Gasteiger partial charge in [0.2, 0.25) is 0 Å². The van der Waals surface area contributed by atoms with Crippen molar-refractivity contribution in [1.82, 2.24) is 19.8 Å². The van der Waals surface area contributed by atoms with Gasteiger partial charge in [0, 0.05) is 19.6 Å². The van der Waals surface area contributed by atoms with Gasteiger partial charge >= 0.3 is 11.8 Å². The van der Waals surface area contributed by atoms with Crippen molar-refractivity contribution in [2.24, 2.45) is 5.92 Å². The summed E-state index contributed by atoms with van der Waals surface area (Å²) in [6.07, 6.45) is 1.51. The van der Waals surface area contributed by atoms with Crippen LogP contribution in [0, 0.1) is 19.8 Å². The molecule has 9 nitrogen and oxygen atoms in total. The van der Waals surface area contributed by atoms with Gasteiger partial charge in [0.05, 0.1) is 18.5 Å². The Balaban J connectivity index is 1.46. The standard InChI is InChI=1S/C20H25N5O4S/c1-12-4-5-16(29-3)15(10-12)22-19(27)18(26)21-11-14-6-8-25(9-7-14)20(28)17-13(2)23-24-30-17/h4-5,10,14H,6-9,11H2,1-3H3,(H,21,26)(H,22,27). The number of nitrogens with one attached hydrogen (secondary N) is 2. The van der Waals surface area contributed by atoms with E-state index in [0.29, 0.717) is 41.6 Å². The van der Waals surface area contributed by atoms with Gasteiger partial charge in [0.1, 0.15) is 10.6 Å². The van der Waals surface area contributed by atoms with E-state index in [1.165, 1.54) is 7.11 Å². The highest BCUT2D eigenvalue weighted by Crippen LogP contribution is 2.25. The van der Waals surface area contributed by atoms with Crippen LogP contribution in [0.2, 0.25) is 0 Å². The number of anilines is 1. The molecule has 10 heteroatoms. The molecule has 0 unspecified atom stereocenters. The van der Waals surface area contributed by atoms with E-state index in [9.17, 15) is 14.4 Å². The molecule has 0 saturated carbocycles. The van der Waals surface area contributed by atoms with Crippen LogP contribution in [0.3, 0.4) is 0 Å². The second-order valence-corrected chi connectivity index (χ2v) is 8.05. The molecule has 0 radical (unpaired) electrons. The molecule has 2 heterocycles. The second kappa shape index (κ2) is 9.66. The topological polar surface area (TPSA) is 114 Å². The van der Waals surface area contributed by atoms with E-state index in [4.69, 9.17) is 4.74 Å². The van der Waals surface area contributed by atoms with Crippen LogP contribution in [0.15, 0.2) is 18.2 Å². The van der Waals surface area contributed by atoms with Gasteiger partial charge in [-0.15, -0.1) is 5.10 Å². The molecule has 1 aromatic heterocycles. The van der Waals surface area contributed by atoms with Gasteiger partial charge < -0.3 is 20.3 Å². The minimum atomic E-state index is -0.736. The van der Waals surface area contributed by atoms with E-state index >= 15 is 0 Å². The normalized spacial score (nSPS) is 14.3. The Morgan fingerprint density at radius 1 is 1.20 bits per heavy atom. The zero-order chi connectivity index (χ0) is 21.7.